The zero-order valence-corrected chi connectivity index (χ0v) is 14.6. The third-order valence-electron chi connectivity index (χ3n) is 3.86. The van der Waals surface area contributed by atoms with Crippen LogP contribution in [0, 0.1) is 23.2 Å². The number of nitrogens with one attached hydrogen (secondary N) is 1. The number of piperazine rings is 1. The fourth-order valence-corrected chi connectivity index (χ4v) is 2.58. The van der Waals surface area contributed by atoms with Gasteiger partial charge in [0.2, 0.25) is 0 Å². The van der Waals surface area contributed by atoms with Crippen LogP contribution in [-0.4, -0.2) is 60.5 Å². The molecule has 9 heteroatoms. The molecule has 0 amide bonds. The zero-order valence-electron chi connectivity index (χ0n) is 14.6. The minimum absolute atomic E-state index is 0.0245. The first-order valence-electron chi connectivity index (χ1n) is 8.02. The summed E-state index contributed by atoms with van der Waals surface area (Å²) in [7, 11) is 1.54. The van der Waals surface area contributed by atoms with E-state index in [9.17, 15) is 4.79 Å². The number of nitrogen functional groups attached to an aromatic ring is 1. The van der Waals surface area contributed by atoms with Gasteiger partial charge in [-0.3, -0.25) is 14.3 Å². The van der Waals surface area contributed by atoms with Crippen LogP contribution in [0.4, 0.5) is 11.5 Å². The van der Waals surface area contributed by atoms with Crippen LogP contribution in [0.1, 0.15) is 6.92 Å². The van der Waals surface area contributed by atoms with Crippen LogP contribution in [0.2, 0.25) is 0 Å². The highest BCUT2D eigenvalue weighted by molar-refractivity contribution is 5.63. The molecule has 0 aromatic carbocycles. The molecule has 25 heavy (non-hydrogen) atoms. The molecule has 0 unspecified atom stereocenters. The van der Waals surface area contributed by atoms with E-state index in [1.807, 2.05) is 11.0 Å². The van der Waals surface area contributed by atoms with E-state index in [4.69, 9.17) is 15.7 Å². The molecule has 2 heterocycles. The van der Waals surface area contributed by atoms with Crippen molar-refractivity contribution in [1.82, 2.24) is 19.8 Å². The van der Waals surface area contributed by atoms with Gasteiger partial charge in [-0.25, -0.2) is 0 Å². The summed E-state index contributed by atoms with van der Waals surface area (Å²) in [5, 5.41) is 11.9. The molecule has 0 radical (unpaired) electrons. The van der Waals surface area contributed by atoms with E-state index in [2.05, 4.69) is 27.0 Å². The van der Waals surface area contributed by atoms with Gasteiger partial charge in [0.25, 0.3) is 5.56 Å². The van der Waals surface area contributed by atoms with Crippen molar-refractivity contribution in [3.63, 3.8) is 0 Å². The predicted octanol–water partition coefficient (Wildman–Crippen LogP) is -1.04. The molecule has 0 spiro atoms. The number of nitrogens with zero attached hydrogens (tertiary/aromatic N) is 5. The molecular formula is C16H23N7O2. The van der Waals surface area contributed by atoms with Gasteiger partial charge in [-0.2, -0.15) is 10.2 Å². The van der Waals surface area contributed by atoms with Crippen LogP contribution in [0.25, 0.3) is 0 Å². The van der Waals surface area contributed by atoms with Crippen molar-refractivity contribution < 1.29 is 4.74 Å². The van der Waals surface area contributed by atoms with Crippen molar-refractivity contribution in [3.05, 3.63) is 10.4 Å². The van der Waals surface area contributed by atoms with Gasteiger partial charge in [0.05, 0.1) is 13.2 Å². The van der Waals surface area contributed by atoms with Crippen LogP contribution in [-0.2, 0) is 7.05 Å². The molecule has 0 bridgehead atoms. The number of hydrogen-bond donors (Lipinski definition) is 2. The molecule has 0 saturated carbocycles. The monoisotopic (exact) mass is 345 g/mol. The van der Waals surface area contributed by atoms with Crippen molar-refractivity contribution >= 4 is 11.5 Å². The maximum atomic E-state index is 12.8. The number of ether oxygens (including phenoxy) is 1. The number of nitriles is 1. The predicted molar refractivity (Wildman–Crippen MR) is 95.1 cm³/mol. The highest BCUT2D eigenvalue weighted by atomic mass is 16.5. The summed E-state index contributed by atoms with van der Waals surface area (Å²) in [5.41, 5.74) is 6.01. The van der Waals surface area contributed by atoms with Gasteiger partial charge in [0, 0.05) is 33.2 Å². The fourth-order valence-electron chi connectivity index (χ4n) is 2.58. The Bertz CT molecular complexity index is 751. The number of hydrogen-bond acceptors (Lipinski definition) is 8. The summed E-state index contributed by atoms with van der Waals surface area (Å²) in [5.74, 6) is 5.90. The van der Waals surface area contributed by atoms with Crippen LogP contribution >= 0.6 is 0 Å². The quantitative estimate of drug-likeness (QED) is 0.629. The summed E-state index contributed by atoms with van der Waals surface area (Å²) < 4.78 is 6.42. The van der Waals surface area contributed by atoms with Gasteiger partial charge in [0.15, 0.2) is 12.4 Å². The number of anilines is 2. The van der Waals surface area contributed by atoms with E-state index in [0.717, 1.165) is 26.2 Å². The Kier molecular flexibility index (Phi) is 6.63. The minimum atomic E-state index is -0.325. The second-order valence-electron chi connectivity index (χ2n) is 5.57. The van der Waals surface area contributed by atoms with E-state index in [-0.39, 0.29) is 24.0 Å². The molecule has 1 saturated heterocycles. The van der Waals surface area contributed by atoms with E-state index in [1.54, 1.807) is 14.0 Å². The standard InChI is InChI=1S/C16H23N7O2/c1-3-4-8-23(12-22-9-6-19-7-10-22)13-14(18)20-16(25-11-5-17)21(2)15(13)24/h19H,6-12,18H2,1-2H3. The van der Waals surface area contributed by atoms with Gasteiger partial charge in [0.1, 0.15) is 11.8 Å². The third-order valence-corrected chi connectivity index (χ3v) is 3.86. The Labute approximate surface area is 147 Å². The Balaban J connectivity index is 2.34. The minimum Gasteiger partial charge on any atom is -0.449 e. The highest BCUT2D eigenvalue weighted by Crippen LogP contribution is 2.19. The van der Waals surface area contributed by atoms with Crippen molar-refractivity contribution in [1.29, 1.82) is 5.26 Å². The van der Waals surface area contributed by atoms with Crippen LogP contribution in [0.15, 0.2) is 4.79 Å². The van der Waals surface area contributed by atoms with Gasteiger partial charge in [-0.15, -0.1) is 5.92 Å². The molecule has 0 atom stereocenters. The second kappa shape index (κ2) is 8.92. The lowest BCUT2D eigenvalue weighted by Gasteiger charge is -2.33. The normalized spacial score (nSPS) is 14.3. The van der Waals surface area contributed by atoms with Crippen molar-refractivity contribution in [2.45, 2.75) is 6.92 Å². The Hall–Kier alpha value is -2.75. The molecule has 1 aromatic heterocycles. The maximum absolute atomic E-state index is 12.8. The van der Waals surface area contributed by atoms with Crippen molar-refractivity contribution in [2.75, 3.05) is 56.6 Å². The number of nitrogens with two attached hydrogens (primary N) is 1. The van der Waals surface area contributed by atoms with E-state index < -0.39 is 0 Å². The van der Waals surface area contributed by atoms with Gasteiger partial charge in [-0.05, 0) is 6.92 Å². The first-order chi connectivity index (χ1) is 12.1. The molecule has 1 aromatic rings. The molecule has 1 fully saturated rings. The van der Waals surface area contributed by atoms with Crippen LogP contribution in [0.5, 0.6) is 6.01 Å². The van der Waals surface area contributed by atoms with E-state index >= 15 is 0 Å². The van der Waals surface area contributed by atoms with E-state index in [0.29, 0.717) is 18.9 Å². The molecular weight excluding hydrogens is 322 g/mol. The first kappa shape index (κ1) is 18.6. The summed E-state index contributed by atoms with van der Waals surface area (Å²) in [6.45, 7) is 6.03. The van der Waals surface area contributed by atoms with Crippen LogP contribution in [0.3, 0.4) is 0 Å². The largest absolute Gasteiger partial charge is 0.449 e. The SMILES string of the molecule is CC#CCN(CN1CCNCC1)c1c(N)nc(OCC#N)n(C)c1=O. The lowest BCUT2D eigenvalue weighted by Crippen LogP contribution is -2.49. The van der Waals surface area contributed by atoms with Crippen LogP contribution < -0.4 is 26.2 Å². The molecule has 9 nitrogen and oxygen atoms in total. The Morgan fingerprint density at radius 2 is 2.16 bits per heavy atom. The second-order valence-corrected chi connectivity index (χ2v) is 5.57. The first-order valence-corrected chi connectivity index (χ1v) is 8.02. The average Bonchev–Trinajstić information content (AvgIpc) is 2.62. The summed E-state index contributed by atoms with van der Waals surface area (Å²) in [6, 6.07) is 1.87. The maximum Gasteiger partial charge on any atom is 0.302 e. The van der Waals surface area contributed by atoms with Gasteiger partial charge >= 0.3 is 6.01 Å². The molecule has 134 valence electrons. The molecule has 2 rings (SSSR count). The van der Waals surface area contributed by atoms with Crippen molar-refractivity contribution in [2.24, 2.45) is 7.05 Å². The highest BCUT2D eigenvalue weighted by Gasteiger charge is 2.22. The number of aromatic nitrogens is 2. The summed E-state index contributed by atoms with van der Waals surface area (Å²) >= 11 is 0. The summed E-state index contributed by atoms with van der Waals surface area (Å²) in [4.78, 5) is 21.0. The fraction of sp³-hybridized carbons (Fsp3) is 0.562. The zero-order chi connectivity index (χ0) is 18.2. The average molecular weight is 345 g/mol. The van der Waals surface area contributed by atoms with Gasteiger partial charge in [-0.1, -0.05) is 5.92 Å². The Morgan fingerprint density at radius 3 is 2.80 bits per heavy atom. The molecule has 0 aliphatic carbocycles. The number of rotatable bonds is 6. The topological polar surface area (TPSA) is 112 Å². The third kappa shape index (κ3) is 4.63. The molecule has 1 aliphatic rings. The summed E-state index contributed by atoms with van der Waals surface area (Å²) in [6.07, 6.45) is 0. The Morgan fingerprint density at radius 1 is 1.44 bits per heavy atom. The molecule has 1 aliphatic heterocycles. The molecule has 3 N–H and O–H groups in total. The lowest BCUT2D eigenvalue weighted by atomic mass is 10.3. The lowest BCUT2D eigenvalue weighted by molar-refractivity contribution is 0.241. The van der Waals surface area contributed by atoms with Gasteiger partial charge < -0.3 is 20.7 Å². The smallest absolute Gasteiger partial charge is 0.302 e. The van der Waals surface area contributed by atoms with E-state index in [1.165, 1.54) is 4.57 Å². The van der Waals surface area contributed by atoms with Crippen molar-refractivity contribution in [3.8, 4) is 23.9 Å².